The molecule has 0 saturated carbocycles. The molecule has 7 nitrogen and oxygen atoms in total. The van der Waals surface area contributed by atoms with Crippen LogP contribution in [0.15, 0.2) is 0 Å². The third-order valence-electron chi connectivity index (χ3n) is 2.35. The van der Waals surface area contributed by atoms with Crippen molar-refractivity contribution in [1.82, 2.24) is 0 Å². The van der Waals surface area contributed by atoms with Crippen molar-refractivity contribution in [3.8, 4) is 0 Å². The Morgan fingerprint density at radius 1 is 1.07 bits per heavy atom. The zero-order valence-electron chi connectivity index (χ0n) is 8.02. The molecular formula is C7H13O7P-2. The van der Waals surface area contributed by atoms with Gasteiger partial charge in [-0.25, -0.2) is 0 Å². The van der Waals surface area contributed by atoms with E-state index in [2.05, 4.69) is 0 Å². The SMILES string of the molecule is C[C@@H]1O[C@H](C[P+]([O-])([O-])[O-])[C@H](O)[C@H](O)[C@H]1O. The van der Waals surface area contributed by atoms with Crippen molar-refractivity contribution >= 4 is 7.94 Å². The van der Waals surface area contributed by atoms with E-state index in [-0.39, 0.29) is 0 Å². The van der Waals surface area contributed by atoms with Gasteiger partial charge in [0.2, 0.25) is 0 Å². The monoisotopic (exact) mass is 240 g/mol. The van der Waals surface area contributed by atoms with Crippen LogP contribution in [-0.4, -0.2) is 52.0 Å². The summed E-state index contributed by atoms with van der Waals surface area (Å²) in [6.45, 7) is 1.41. The van der Waals surface area contributed by atoms with Crippen LogP contribution >= 0.6 is 7.94 Å². The molecule has 0 aliphatic carbocycles. The minimum absolute atomic E-state index is 0.833. The Balaban J connectivity index is 2.67. The summed E-state index contributed by atoms with van der Waals surface area (Å²) in [5, 5.41) is 27.9. The van der Waals surface area contributed by atoms with Gasteiger partial charge in [-0.1, -0.05) is 0 Å². The number of aliphatic hydroxyl groups excluding tert-OH is 3. The predicted molar refractivity (Wildman–Crippen MR) is 44.1 cm³/mol. The smallest absolute Gasteiger partial charge is 0.119 e. The van der Waals surface area contributed by atoms with E-state index in [0.29, 0.717) is 0 Å². The van der Waals surface area contributed by atoms with E-state index in [1.165, 1.54) is 6.92 Å². The molecule has 3 N–H and O–H groups in total. The number of aliphatic hydroxyl groups is 3. The van der Waals surface area contributed by atoms with Gasteiger partial charge in [0.25, 0.3) is 0 Å². The molecule has 1 aliphatic rings. The molecule has 0 aromatic carbocycles. The molecule has 0 unspecified atom stereocenters. The summed E-state index contributed by atoms with van der Waals surface area (Å²) < 4.78 is 4.93. The zero-order chi connectivity index (χ0) is 11.8. The van der Waals surface area contributed by atoms with E-state index >= 15 is 0 Å². The fourth-order valence-corrected chi connectivity index (χ4v) is 2.25. The molecule has 0 aromatic heterocycles. The van der Waals surface area contributed by atoms with E-state index < -0.39 is 44.6 Å². The molecule has 15 heavy (non-hydrogen) atoms. The highest BCUT2D eigenvalue weighted by atomic mass is 31.2. The highest BCUT2D eigenvalue weighted by molar-refractivity contribution is 7.54. The highest BCUT2D eigenvalue weighted by Gasteiger charge is 2.42. The van der Waals surface area contributed by atoms with Crippen LogP contribution in [0.1, 0.15) is 6.92 Å². The topological polar surface area (TPSA) is 139 Å². The third-order valence-corrected chi connectivity index (χ3v) is 3.16. The second kappa shape index (κ2) is 4.57. The number of rotatable bonds is 2. The van der Waals surface area contributed by atoms with Crippen LogP contribution in [0.3, 0.4) is 0 Å². The Hall–Kier alpha value is 0.150. The highest BCUT2D eigenvalue weighted by Crippen LogP contribution is 2.33. The molecule has 0 aromatic rings. The number of ether oxygens (including phenoxy) is 1. The van der Waals surface area contributed by atoms with Crippen molar-refractivity contribution in [3.63, 3.8) is 0 Å². The van der Waals surface area contributed by atoms with Crippen LogP contribution < -0.4 is 14.7 Å². The lowest BCUT2D eigenvalue weighted by Gasteiger charge is -2.48. The summed E-state index contributed by atoms with van der Waals surface area (Å²) in [4.78, 5) is 31.4. The normalized spacial score (nSPS) is 43.0. The van der Waals surface area contributed by atoms with Crippen LogP contribution in [0.4, 0.5) is 0 Å². The second-order valence-corrected chi connectivity index (χ2v) is 5.23. The Morgan fingerprint density at radius 2 is 1.60 bits per heavy atom. The fraction of sp³-hybridized carbons (Fsp3) is 1.00. The zero-order valence-corrected chi connectivity index (χ0v) is 8.91. The predicted octanol–water partition coefficient (Wildman–Crippen LogP) is -4.30. The van der Waals surface area contributed by atoms with Crippen molar-refractivity contribution in [2.24, 2.45) is 0 Å². The Bertz CT molecular complexity index is 218. The lowest BCUT2D eigenvalue weighted by molar-refractivity contribution is -0.429. The molecule has 0 amide bonds. The Kier molecular flexibility index (Phi) is 4.02. The van der Waals surface area contributed by atoms with Gasteiger partial charge in [-0.3, -0.25) is 0 Å². The lowest BCUT2D eigenvalue weighted by atomic mass is 9.96. The quantitative estimate of drug-likeness (QED) is 0.415. The molecule has 1 saturated heterocycles. The standard InChI is InChI=1S/C7H15O7P/c1-3-5(8)7(10)6(9)4(14-3)2-15(11,12)13/h3-10H,2H2,1H3,(H2,11,12,13)/p-2/t3-,4+,5-,6-,7+/m0/s1. The van der Waals surface area contributed by atoms with Gasteiger partial charge in [0.15, 0.2) is 0 Å². The summed E-state index contributed by atoms with van der Waals surface area (Å²) in [7, 11) is -4.82. The molecule has 1 heterocycles. The van der Waals surface area contributed by atoms with Gasteiger partial charge < -0.3 is 34.7 Å². The van der Waals surface area contributed by atoms with E-state index in [9.17, 15) is 30.0 Å². The molecule has 1 aliphatic heterocycles. The lowest BCUT2D eigenvalue weighted by Crippen LogP contribution is -2.59. The first-order chi connectivity index (χ1) is 6.72. The van der Waals surface area contributed by atoms with Crippen molar-refractivity contribution in [2.75, 3.05) is 6.16 Å². The van der Waals surface area contributed by atoms with Crippen molar-refractivity contribution in [3.05, 3.63) is 0 Å². The molecule has 1 rings (SSSR count). The van der Waals surface area contributed by atoms with E-state index in [1.807, 2.05) is 0 Å². The van der Waals surface area contributed by atoms with Crippen LogP contribution in [-0.2, 0) is 4.74 Å². The number of hydrogen-bond acceptors (Lipinski definition) is 7. The van der Waals surface area contributed by atoms with Crippen LogP contribution in [0, 0.1) is 0 Å². The summed E-state index contributed by atoms with van der Waals surface area (Å²) in [6, 6.07) is 0. The molecule has 0 bridgehead atoms. The van der Waals surface area contributed by atoms with E-state index in [4.69, 9.17) is 4.74 Å². The second-order valence-electron chi connectivity index (χ2n) is 3.64. The van der Waals surface area contributed by atoms with Crippen LogP contribution in [0.2, 0.25) is 0 Å². The summed E-state index contributed by atoms with van der Waals surface area (Å²) in [5.74, 6) is 0. The molecule has 1 fully saturated rings. The maximum absolute atomic E-state index is 10.5. The van der Waals surface area contributed by atoms with Gasteiger partial charge in [-0.15, -0.1) is 0 Å². The third kappa shape index (κ3) is 3.30. The number of hydrogen-bond donors (Lipinski definition) is 3. The van der Waals surface area contributed by atoms with Crippen molar-refractivity contribution < 1.29 is 34.7 Å². The van der Waals surface area contributed by atoms with Gasteiger partial charge >= 0.3 is 0 Å². The van der Waals surface area contributed by atoms with Crippen LogP contribution in [0.5, 0.6) is 0 Å². The first-order valence-electron chi connectivity index (χ1n) is 4.43. The van der Waals surface area contributed by atoms with Gasteiger partial charge in [0, 0.05) is 0 Å². The molecule has 5 atom stereocenters. The summed E-state index contributed by atoms with van der Waals surface area (Å²) in [5.41, 5.74) is 0. The van der Waals surface area contributed by atoms with Crippen molar-refractivity contribution in [2.45, 2.75) is 37.4 Å². The van der Waals surface area contributed by atoms with E-state index in [1.54, 1.807) is 0 Å². The van der Waals surface area contributed by atoms with Gasteiger partial charge in [-0.2, -0.15) is 7.94 Å². The maximum atomic E-state index is 10.5. The molecule has 90 valence electrons. The van der Waals surface area contributed by atoms with Crippen LogP contribution in [0.25, 0.3) is 0 Å². The maximum Gasteiger partial charge on any atom is 0.119 e. The molecule has 0 spiro atoms. The molecule has 0 radical (unpaired) electrons. The first kappa shape index (κ1) is 13.2. The molecule has 8 heteroatoms. The van der Waals surface area contributed by atoms with E-state index in [0.717, 1.165) is 0 Å². The fourth-order valence-electron chi connectivity index (χ4n) is 1.51. The summed E-state index contributed by atoms with van der Waals surface area (Å²) >= 11 is 0. The minimum Gasteiger partial charge on any atom is -0.688 e. The largest absolute Gasteiger partial charge is 0.688 e. The van der Waals surface area contributed by atoms with Gasteiger partial charge in [-0.05, 0) is 6.92 Å². The van der Waals surface area contributed by atoms with Gasteiger partial charge in [0.05, 0.1) is 12.3 Å². The van der Waals surface area contributed by atoms with Gasteiger partial charge in [0.1, 0.15) is 24.4 Å². The Morgan fingerprint density at radius 3 is 2.07 bits per heavy atom. The minimum atomic E-state index is -4.82. The first-order valence-corrected chi connectivity index (χ1v) is 6.16. The molecular weight excluding hydrogens is 227 g/mol. The summed E-state index contributed by atoms with van der Waals surface area (Å²) in [6.07, 6.45) is -7.41. The average molecular weight is 240 g/mol. The Labute approximate surface area is 87.1 Å². The van der Waals surface area contributed by atoms with Crippen molar-refractivity contribution in [1.29, 1.82) is 0 Å². The average Bonchev–Trinajstić information content (AvgIpc) is 2.08.